The van der Waals surface area contributed by atoms with Crippen LogP contribution in [0.25, 0.3) is 11.1 Å². The molecule has 1 fully saturated rings. The maximum Gasteiger partial charge on any atom is 0.323 e. The van der Waals surface area contributed by atoms with Crippen LogP contribution in [0.2, 0.25) is 0 Å². The number of methoxy groups -OCH3 is 2. The van der Waals surface area contributed by atoms with Crippen molar-refractivity contribution in [2.75, 3.05) is 34.0 Å². The zero-order valence-corrected chi connectivity index (χ0v) is 22.4. The molecular formula is C29H33N3O7. The number of carbonyl (C=O) groups is 1. The van der Waals surface area contributed by atoms with Gasteiger partial charge in [0, 0.05) is 6.54 Å². The minimum Gasteiger partial charge on any atom is -0.486 e. The molecular weight excluding hydrogens is 502 g/mol. The summed E-state index contributed by atoms with van der Waals surface area (Å²) in [5.41, 5.74) is 4.73. The third-order valence-corrected chi connectivity index (χ3v) is 7.21. The second-order valence-corrected chi connectivity index (χ2v) is 9.56. The zero-order chi connectivity index (χ0) is 27.4. The van der Waals surface area contributed by atoms with Gasteiger partial charge in [-0.3, -0.25) is 9.69 Å². The largest absolute Gasteiger partial charge is 0.486 e. The average molecular weight is 536 g/mol. The fraction of sp³-hybridized carbons (Fsp3) is 0.414. The van der Waals surface area contributed by atoms with Crippen molar-refractivity contribution in [1.29, 1.82) is 0 Å². The summed E-state index contributed by atoms with van der Waals surface area (Å²) in [5, 5.41) is 9.66. The highest BCUT2D eigenvalue weighted by Crippen LogP contribution is 2.36. The van der Waals surface area contributed by atoms with E-state index < -0.39 is 12.0 Å². The van der Waals surface area contributed by atoms with Crippen LogP contribution in [-0.4, -0.2) is 66.0 Å². The molecule has 0 aliphatic carbocycles. The van der Waals surface area contributed by atoms with Gasteiger partial charge in [-0.1, -0.05) is 30.7 Å². The summed E-state index contributed by atoms with van der Waals surface area (Å²) in [7, 11) is 3.03. The van der Waals surface area contributed by atoms with Crippen LogP contribution in [-0.2, 0) is 17.9 Å². The number of fused-ring (bicyclic) bond motifs is 1. The second-order valence-electron chi connectivity index (χ2n) is 9.56. The van der Waals surface area contributed by atoms with Crippen LogP contribution in [0.3, 0.4) is 0 Å². The molecule has 0 bridgehead atoms. The van der Waals surface area contributed by atoms with Gasteiger partial charge >= 0.3 is 12.0 Å². The molecule has 0 amide bonds. The smallest absolute Gasteiger partial charge is 0.323 e. The number of aromatic nitrogens is 2. The van der Waals surface area contributed by atoms with Gasteiger partial charge in [0.15, 0.2) is 11.5 Å². The topological polar surface area (TPSA) is 112 Å². The average Bonchev–Trinajstić information content (AvgIpc) is 2.96. The van der Waals surface area contributed by atoms with Gasteiger partial charge in [-0.2, -0.15) is 9.97 Å². The maximum atomic E-state index is 11.8. The molecule has 3 heterocycles. The molecule has 0 spiro atoms. The van der Waals surface area contributed by atoms with Crippen LogP contribution in [0.1, 0.15) is 36.0 Å². The first kappa shape index (κ1) is 26.6. The molecule has 2 aromatic carbocycles. The lowest BCUT2D eigenvalue weighted by Crippen LogP contribution is -2.44. The number of carboxylic acid groups (broad SMARTS) is 1. The molecule has 3 aromatic rings. The number of rotatable bonds is 9. The first-order valence-corrected chi connectivity index (χ1v) is 13.1. The number of ether oxygens (including phenoxy) is 5. The monoisotopic (exact) mass is 535 g/mol. The Bertz CT molecular complexity index is 1320. The van der Waals surface area contributed by atoms with E-state index in [1.54, 1.807) is 0 Å². The molecule has 5 rings (SSSR count). The van der Waals surface area contributed by atoms with Gasteiger partial charge in [-0.05, 0) is 60.7 Å². The highest BCUT2D eigenvalue weighted by Gasteiger charge is 2.31. The second kappa shape index (κ2) is 11.8. The Morgan fingerprint density at radius 3 is 2.51 bits per heavy atom. The molecule has 2 aliphatic heterocycles. The maximum absolute atomic E-state index is 11.8. The Kier molecular flexibility index (Phi) is 8.02. The number of piperidine rings is 1. The van der Waals surface area contributed by atoms with E-state index in [0.717, 1.165) is 46.6 Å². The summed E-state index contributed by atoms with van der Waals surface area (Å²) >= 11 is 0. The molecule has 39 heavy (non-hydrogen) atoms. The number of carboxylic acids is 1. The molecule has 1 saturated heterocycles. The molecule has 1 atom stereocenters. The number of aliphatic carboxylic acids is 1. The molecule has 1 unspecified atom stereocenters. The van der Waals surface area contributed by atoms with Gasteiger partial charge in [0.05, 0.1) is 19.8 Å². The van der Waals surface area contributed by atoms with Crippen molar-refractivity contribution in [2.45, 2.75) is 45.4 Å². The molecule has 1 N–H and O–H groups in total. The van der Waals surface area contributed by atoms with E-state index in [0.29, 0.717) is 50.0 Å². The van der Waals surface area contributed by atoms with Gasteiger partial charge in [0.25, 0.3) is 0 Å². The Hall–Kier alpha value is -4.05. The Balaban J connectivity index is 1.35. The van der Waals surface area contributed by atoms with Crippen molar-refractivity contribution in [3.8, 4) is 40.4 Å². The number of likely N-dealkylation sites (tertiary alicyclic amines) is 1. The van der Waals surface area contributed by atoms with Gasteiger partial charge in [-0.25, -0.2) is 0 Å². The lowest BCUT2D eigenvalue weighted by atomic mass is 9.96. The minimum absolute atomic E-state index is 0.116. The predicted octanol–water partition coefficient (Wildman–Crippen LogP) is 4.26. The standard InChI is InChI=1S/C29H33N3O7/c1-18-20(7-6-8-21(18)19-10-11-24-25(15-19)38-14-13-37-24)17-39-29-30-26(35-2)22(27(31-29)36-3)16-32-12-5-4-9-23(32)28(33)34/h6-8,10-11,15,23H,4-5,9,12-14,16-17H2,1-3H3,(H,33,34). The summed E-state index contributed by atoms with van der Waals surface area (Å²) in [5.74, 6) is 1.26. The third-order valence-electron chi connectivity index (χ3n) is 7.21. The molecule has 10 heteroatoms. The van der Waals surface area contributed by atoms with Crippen molar-refractivity contribution in [2.24, 2.45) is 0 Å². The molecule has 206 valence electrons. The quantitative estimate of drug-likeness (QED) is 0.426. The van der Waals surface area contributed by atoms with E-state index in [-0.39, 0.29) is 12.6 Å². The predicted molar refractivity (Wildman–Crippen MR) is 143 cm³/mol. The Labute approximate surface area is 227 Å². The summed E-state index contributed by atoms with van der Waals surface area (Å²) in [4.78, 5) is 22.6. The highest BCUT2D eigenvalue weighted by molar-refractivity contribution is 5.73. The van der Waals surface area contributed by atoms with Crippen molar-refractivity contribution in [1.82, 2.24) is 14.9 Å². The van der Waals surface area contributed by atoms with E-state index in [4.69, 9.17) is 23.7 Å². The van der Waals surface area contributed by atoms with Crippen LogP contribution >= 0.6 is 0 Å². The highest BCUT2D eigenvalue weighted by atomic mass is 16.6. The van der Waals surface area contributed by atoms with E-state index in [1.165, 1.54) is 14.2 Å². The van der Waals surface area contributed by atoms with Gasteiger partial charge in [-0.15, -0.1) is 0 Å². The van der Waals surface area contributed by atoms with Crippen molar-refractivity contribution in [3.05, 3.63) is 53.1 Å². The molecule has 0 radical (unpaired) electrons. The van der Waals surface area contributed by atoms with Gasteiger partial charge in [0.2, 0.25) is 11.8 Å². The third kappa shape index (κ3) is 5.70. The Morgan fingerprint density at radius 1 is 1.05 bits per heavy atom. The van der Waals surface area contributed by atoms with Crippen LogP contribution < -0.4 is 23.7 Å². The lowest BCUT2D eigenvalue weighted by Gasteiger charge is -2.33. The fourth-order valence-corrected chi connectivity index (χ4v) is 5.13. The van der Waals surface area contributed by atoms with Crippen LogP contribution in [0.5, 0.6) is 29.3 Å². The Morgan fingerprint density at radius 2 is 1.79 bits per heavy atom. The summed E-state index contributed by atoms with van der Waals surface area (Å²) in [6, 6.07) is 11.6. The molecule has 1 aromatic heterocycles. The van der Waals surface area contributed by atoms with Crippen molar-refractivity contribution >= 4 is 5.97 Å². The summed E-state index contributed by atoms with van der Waals surface area (Å²) in [6.07, 6.45) is 2.42. The van der Waals surface area contributed by atoms with Crippen LogP contribution in [0.15, 0.2) is 36.4 Å². The minimum atomic E-state index is -0.831. The number of hydrogen-bond acceptors (Lipinski definition) is 9. The van der Waals surface area contributed by atoms with Crippen molar-refractivity contribution < 1.29 is 33.6 Å². The number of benzene rings is 2. The summed E-state index contributed by atoms with van der Waals surface area (Å²) < 4.78 is 28.5. The SMILES string of the molecule is COc1nc(OCc2cccc(-c3ccc4c(c3)OCCO4)c2C)nc(OC)c1CN1CCCCC1C(=O)O. The molecule has 2 aliphatic rings. The number of nitrogens with zero attached hydrogens (tertiary/aromatic N) is 3. The molecule has 0 saturated carbocycles. The number of hydrogen-bond donors (Lipinski definition) is 1. The lowest BCUT2D eigenvalue weighted by molar-refractivity contribution is -0.144. The van der Waals surface area contributed by atoms with Crippen LogP contribution in [0.4, 0.5) is 0 Å². The van der Waals surface area contributed by atoms with E-state index in [9.17, 15) is 9.90 Å². The molecule has 10 nitrogen and oxygen atoms in total. The first-order valence-electron chi connectivity index (χ1n) is 13.1. The van der Waals surface area contributed by atoms with E-state index >= 15 is 0 Å². The van der Waals surface area contributed by atoms with E-state index in [1.807, 2.05) is 42.2 Å². The van der Waals surface area contributed by atoms with Crippen molar-refractivity contribution in [3.63, 3.8) is 0 Å². The van der Waals surface area contributed by atoms with Gasteiger partial charge < -0.3 is 28.8 Å². The fourth-order valence-electron chi connectivity index (χ4n) is 5.13. The summed E-state index contributed by atoms with van der Waals surface area (Å²) in [6.45, 7) is 4.35. The zero-order valence-electron chi connectivity index (χ0n) is 22.4. The van der Waals surface area contributed by atoms with Crippen LogP contribution in [0, 0.1) is 6.92 Å². The first-order chi connectivity index (χ1) is 19.0. The van der Waals surface area contributed by atoms with Gasteiger partial charge in [0.1, 0.15) is 25.9 Å². The van der Waals surface area contributed by atoms with E-state index in [2.05, 4.69) is 16.0 Å². The normalized spacial score (nSPS) is 16.9.